The fourth-order valence-corrected chi connectivity index (χ4v) is 7.35. The second-order valence-corrected chi connectivity index (χ2v) is 12.6. The molecule has 3 fully saturated rings. The van der Waals surface area contributed by atoms with Crippen molar-refractivity contribution < 1.29 is 13.9 Å². The van der Waals surface area contributed by atoms with Crippen LogP contribution in [0.5, 0.6) is 6.01 Å². The van der Waals surface area contributed by atoms with E-state index in [1.165, 1.54) is 4.90 Å². The number of piperidine rings is 1. The zero-order valence-electron chi connectivity index (χ0n) is 25.0. The number of pyridine rings is 1. The molecule has 0 saturated carbocycles. The zero-order valence-corrected chi connectivity index (χ0v) is 25.0. The van der Waals surface area contributed by atoms with Gasteiger partial charge in [-0.2, -0.15) is 15.2 Å². The normalized spacial score (nSPS) is 23.6. The van der Waals surface area contributed by atoms with E-state index in [1.807, 2.05) is 18.3 Å². The first-order valence-electron chi connectivity index (χ1n) is 15.5. The molecular weight excluding hydrogens is 547 g/mol. The van der Waals surface area contributed by atoms with E-state index < -0.39 is 17.8 Å². The first-order valence-corrected chi connectivity index (χ1v) is 15.5. The Morgan fingerprint density at radius 1 is 1.14 bits per heavy atom. The van der Waals surface area contributed by atoms with Gasteiger partial charge in [-0.15, -0.1) is 0 Å². The van der Waals surface area contributed by atoms with E-state index in [9.17, 15) is 14.4 Å². The fourth-order valence-electron chi connectivity index (χ4n) is 7.35. The number of nitrogens with zero attached hydrogens (tertiary/aromatic N) is 8. The molecule has 3 saturated heterocycles. The molecule has 1 amide bonds. The molecule has 2 aromatic rings. The van der Waals surface area contributed by atoms with E-state index in [-0.39, 0.29) is 11.8 Å². The first kappa shape index (κ1) is 29.3. The monoisotopic (exact) mass is 588 g/mol. The van der Waals surface area contributed by atoms with E-state index in [0.29, 0.717) is 38.3 Å². The summed E-state index contributed by atoms with van der Waals surface area (Å²) in [5, 5.41) is 9.50. The van der Waals surface area contributed by atoms with E-state index in [0.717, 1.165) is 87.5 Å². The van der Waals surface area contributed by atoms with Gasteiger partial charge in [0.2, 0.25) is 0 Å². The molecule has 43 heavy (non-hydrogen) atoms. The summed E-state index contributed by atoms with van der Waals surface area (Å²) in [6, 6.07) is 8.53. The van der Waals surface area contributed by atoms with Gasteiger partial charge in [-0.3, -0.25) is 4.79 Å². The third-order valence-corrected chi connectivity index (χ3v) is 9.97. The molecule has 4 aliphatic rings. The summed E-state index contributed by atoms with van der Waals surface area (Å²) in [6.45, 7) is 7.90. The summed E-state index contributed by atoms with van der Waals surface area (Å²) in [5.41, 5.74) is 2.35. The number of rotatable bonds is 7. The highest BCUT2D eigenvalue weighted by atomic mass is 19.1. The number of aromatic nitrogens is 3. The van der Waals surface area contributed by atoms with Gasteiger partial charge in [0.25, 0.3) is 5.91 Å². The quantitative estimate of drug-likeness (QED) is 0.450. The summed E-state index contributed by atoms with van der Waals surface area (Å²) in [4.78, 5) is 35.3. The average molecular weight is 589 g/mol. The number of carbonyl (C=O) groups is 1. The second-order valence-electron chi connectivity index (χ2n) is 12.6. The Balaban J connectivity index is 1.25. The van der Waals surface area contributed by atoms with Gasteiger partial charge in [-0.25, -0.2) is 9.37 Å². The maximum Gasteiger partial charge on any atom is 0.318 e. The molecule has 0 radical (unpaired) electrons. The minimum Gasteiger partial charge on any atom is -0.462 e. The van der Waals surface area contributed by atoms with Gasteiger partial charge < -0.3 is 24.3 Å². The van der Waals surface area contributed by atoms with Gasteiger partial charge in [-0.1, -0.05) is 12.6 Å². The predicted octanol–water partition coefficient (Wildman–Crippen LogP) is 3.53. The van der Waals surface area contributed by atoms with Crippen LogP contribution < -0.4 is 14.5 Å². The number of piperazine rings is 1. The van der Waals surface area contributed by atoms with Gasteiger partial charge in [0, 0.05) is 50.5 Å². The molecule has 1 aliphatic carbocycles. The molecular formula is C32H41FN8O2. The number of hydrogen-bond acceptors (Lipinski definition) is 9. The molecule has 228 valence electrons. The number of ether oxygens (including phenoxy) is 1. The van der Waals surface area contributed by atoms with Crippen LogP contribution in [0.25, 0.3) is 0 Å². The molecule has 3 aliphatic heterocycles. The lowest BCUT2D eigenvalue weighted by atomic mass is 9.67. The summed E-state index contributed by atoms with van der Waals surface area (Å²) in [7, 11) is 2.13. The van der Waals surface area contributed by atoms with Gasteiger partial charge in [0.05, 0.1) is 24.2 Å². The minimum atomic E-state index is -0.997. The standard InChI is InChI=1S/C32H41FN8O2/c1-23(33)30(42)41-19-18-40(21-24(41)9-13-34)29-26-8-10-32(11-16-39(17-12-32)28-7-3-4-14-35-28)20-27(26)36-31(37-29)43-22-25-6-5-15-38(25)2/h3-4,7,14,24-25H,1,5-6,8-12,15-22H2,2H3. The van der Waals surface area contributed by atoms with Crippen LogP contribution in [0.15, 0.2) is 36.8 Å². The Morgan fingerprint density at radius 2 is 1.98 bits per heavy atom. The Labute approximate surface area is 253 Å². The molecule has 0 N–H and O–H groups in total. The third kappa shape index (κ3) is 6.16. The lowest BCUT2D eigenvalue weighted by Crippen LogP contribution is -2.55. The molecule has 0 aromatic carbocycles. The first-order chi connectivity index (χ1) is 20.9. The Hall–Kier alpha value is -3.78. The lowest BCUT2D eigenvalue weighted by molar-refractivity contribution is -0.131. The van der Waals surface area contributed by atoms with Crippen molar-refractivity contribution in [1.29, 1.82) is 5.26 Å². The van der Waals surface area contributed by atoms with Crippen LogP contribution in [0, 0.1) is 16.7 Å². The van der Waals surface area contributed by atoms with Crippen molar-refractivity contribution in [2.24, 2.45) is 5.41 Å². The molecule has 2 unspecified atom stereocenters. The summed E-state index contributed by atoms with van der Waals surface area (Å²) < 4.78 is 20.1. The maximum absolute atomic E-state index is 13.8. The van der Waals surface area contributed by atoms with Crippen LogP contribution in [0.2, 0.25) is 0 Å². The molecule has 2 aromatic heterocycles. The topological polar surface area (TPSA) is 102 Å². The van der Waals surface area contributed by atoms with Gasteiger partial charge in [0.1, 0.15) is 18.2 Å². The zero-order chi connectivity index (χ0) is 30.0. The SMILES string of the molecule is C=C(F)C(=O)N1CCN(c2nc(OCC3CCCN3C)nc3c2CCC2(CCN(c4ccccn4)CC2)C3)CC1CC#N. The summed E-state index contributed by atoms with van der Waals surface area (Å²) in [5.74, 6) is 0.123. The highest BCUT2D eigenvalue weighted by Gasteiger charge is 2.41. The summed E-state index contributed by atoms with van der Waals surface area (Å²) in [6.07, 6.45) is 9.15. The van der Waals surface area contributed by atoms with Crippen molar-refractivity contribution >= 4 is 17.5 Å². The second kappa shape index (κ2) is 12.4. The van der Waals surface area contributed by atoms with Crippen LogP contribution in [-0.4, -0.2) is 95.7 Å². The van der Waals surface area contributed by atoms with Gasteiger partial charge in [-0.05, 0) is 76.1 Å². The van der Waals surface area contributed by atoms with Crippen molar-refractivity contribution in [3.05, 3.63) is 48.1 Å². The molecule has 1 spiro atoms. The summed E-state index contributed by atoms with van der Waals surface area (Å²) >= 11 is 0. The van der Waals surface area contributed by atoms with Crippen molar-refractivity contribution in [2.75, 3.05) is 62.7 Å². The smallest absolute Gasteiger partial charge is 0.318 e. The van der Waals surface area contributed by atoms with E-state index in [2.05, 4.69) is 45.4 Å². The molecule has 5 heterocycles. The van der Waals surface area contributed by atoms with Crippen molar-refractivity contribution in [3.63, 3.8) is 0 Å². The molecule has 10 nitrogen and oxygen atoms in total. The van der Waals surface area contributed by atoms with E-state index in [4.69, 9.17) is 14.7 Å². The van der Waals surface area contributed by atoms with Crippen molar-refractivity contribution in [3.8, 4) is 12.1 Å². The fraction of sp³-hybridized carbons (Fsp3) is 0.594. The third-order valence-electron chi connectivity index (χ3n) is 9.97. The number of halogens is 1. The van der Waals surface area contributed by atoms with Crippen LogP contribution in [0.3, 0.4) is 0 Å². The highest BCUT2D eigenvalue weighted by molar-refractivity contribution is 5.91. The average Bonchev–Trinajstić information content (AvgIpc) is 3.44. The van der Waals surface area contributed by atoms with Gasteiger partial charge in [0.15, 0.2) is 5.83 Å². The van der Waals surface area contributed by atoms with Crippen LogP contribution in [0.4, 0.5) is 16.0 Å². The number of fused-ring (bicyclic) bond motifs is 1. The number of hydrogen-bond donors (Lipinski definition) is 0. The minimum absolute atomic E-state index is 0.107. The Kier molecular flexibility index (Phi) is 8.48. The maximum atomic E-state index is 13.8. The molecule has 6 rings (SSSR count). The largest absolute Gasteiger partial charge is 0.462 e. The molecule has 0 bridgehead atoms. The van der Waals surface area contributed by atoms with Gasteiger partial charge >= 0.3 is 6.01 Å². The van der Waals surface area contributed by atoms with Crippen molar-refractivity contribution in [2.45, 2.75) is 63.5 Å². The van der Waals surface area contributed by atoms with Crippen molar-refractivity contribution in [1.82, 2.24) is 24.8 Å². The number of amides is 1. The number of nitriles is 1. The van der Waals surface area contributed by atoms with Crippen LogP contribution in [0.1, 0.15) is 49.8 Å². The number of likely N-dealkylation sites (N-methyl/N-ethyl adjacent to an activating group) is 1. The number of carbonyl (C=O) groups excluding carboxylic acids is 1. The van der Waals surface area contributed by atoms with E-state index >= 15 is 0 Å². The number of anilines is 2. The predicted molar refractivity (Wildman–Crippen MR) is 162 cm³/mol. The number of likely N-dealkylation sites (tertiary alicyclic amines) is 1. The Bertz CT molecular complexity index is 1370. The molecule has 11 heteroatoms. The Morgan fingerprint density at radius 3 is 2.67 bits per heavy atom. The highest BCUT2D eigenvalue weighted by Crippen LogP contribution is 2.46. The molecule has 2 atom stereocenters. The van der Waals surface area contributed by atoms with E-state index in [1.54, 1.807) is 0 Å². The van der Waals surface area contributed by atoms with Crippen LogP contribution in [-0.2, 0) is 17.6 Å². The van der Waals surface area contributed by atoms with Crippen LogP contribution >= 0.6 is 0 Å². The lowest BCUT2D eigenvalue weighted by Gasteiger charge is -2.46.